The Morgan fingerprint density at radius 2 is 2.17 bits per heavy atom. The van der Waals surface area contributed by atoms with Gasteiger partial charge in [-0.1, -0.05) is 23.8 Å². The number of amides is 1. The van der Waals surface area contributed by atoms with Gasteiger partial charge in [-0.05, 0) is 49.6 Å². The third-order valence-corrected chi connectivity index (χ3v) is 5.83. The summed E-state index contributed by atoms with van der Waals surface area (Å²) in [5.74, 6) is 0.607. The van der Waals surface area contributed by atoms with Gasteiger partial charge in [0.05, 0.1) is 11.6 Å². The van der Waals surface area contributed by atoms with Gasteiger partial charge in [0.15, 0.2) is 5.78 Å². The Labute approximate surface area is 146 Å². The molecule has 0 aromatic carbocycles. The van der Waals surface area contributed by atoms with Crippen molar-refractivity contribution in [1.82, 2.24) is 10.3 Å². The highest BCUT2D eigenvalue weighted by Crippen LogP contribution is 2.29. The lowest BCUT2D eigenvalue weighted by Crippen LogP contribution is -2.53. The Bertz CT molecular complexity index is 509. The number of nitrogens with zero attached hydrogens (tertiary/aromatic N) is 1. The van der Waals surface area contributed by atoms with Gasteiger partial charge in [0, 0.05) is 18.4 Å². The number of aromatic nitrogens is 1. The summed E-state index contributed by atoms with van der Waals surface area (Å²) in [7, 11) is 3.27. The lowest BCUT2D eigenvalue weighted by Gasteiger charge is -2.25. The van der Waals surface area contributed by atoms with Crippen molar-refractivity contribution in [3.63, 3.8) is 0 Å². The van der Waals surface area contributed by atoms with E-state index in [-0.39, 0.29) is 11.7 Å². The fourth-order valence-corrected chi connectivity index (χ4v) is 3.80. The van der Waals surface area contributed by atoms with Crippen LogP contribution in [0.2, 0.25) is 0 Å². The molecule has 0 fully saturated rings. The minimum atomic E-state index is -0.887. The normalized spacial score (nSPS) is 14.8. The monoisotopic (exact) mass is 355 g/mol. The van der Waals surface area contributed by atoms with Crippen molar-refractivity contribution in [3.8, 4) is 0 Å². The Kier molecular flexibility index (Phi) is 8.65. The first-order valence-electron chi connectivity index (χ1n) is 7.70. The molecule has 0 saturated carbocycles. The van der Waals surface area contributed by atoms with Crippen LogP contribution in [0.15, 0.2) is 29.4 Å². The highest BCUT2D eigenvalue weighted by atomic mass is 33.1. The molecule has 0 bridgehead atoms. The van der Waals surface area contributed by atoms with Crippen molar-refractivity contribution < 1.29 is 9.59 Å². The van der Waals surface area contributed by atoms with Gasteiger partial charge >= 0.3 is 0 Å². The number of rotatable bonds is 10. The number of nitrogens with one attached hydrogen (secondary N) is 1. The number of carbonyl (C=O) groups is 2. The smallest absolute Gasteiger partial charge is 0.220 e. The van der Waals surface area contributed by atoms with E-state index in [2.05, 4.69) is 10.3 Å². The Hall–Kier alpha value is -1.05. The minimum Gasteiger partial charge on any atom is -0.347 e. The minimum absolute atomic E-state index is 0.110. The van der Waals surface area contributed by atoms with Crippen LogP contribution in [0.5, 0.6) is 0 Å². The first-order valence-corrected chi connectivity index (χ1v) is 10.0. The summed E-state index contributed by atoms with van der Waals surface area (Å²) in [5.41, 5.74) is 5.03. The summed E-state index contributed by atoms with van der Waals surface area (Å²) in [4.78, 5) is 28.2. The van der Waals surface area contributed by atoms with Crippen LogP contribution >= 0.6 is 21.6 Å². The standard InChI is InChI=1S/C16H25N3O2S2/c1-4-16(3,17)15(21)12(2)19-13(20)8-7-11-22-23-14-9-5-6-10-18-14/h5-6,9-10,12H,4,7-8,11,17H2,1-3H3,(H,19,20). The molecule has 128 valence electrons. The fraction of sp³-hybridized carbons (Fsp3) is 0.562. The van der Waals surface area contributed by atoms with Crippen molar-refractivity contribution in [1.29, 1.82) is 0 Å². The zero-order chi connectivity index (χ0) is 17.3. The molecule has 0 aliphatic rings. The summed E-state index contributed by atoms with van der Waals surface area (Å²) in [6, 6.07) is 5.23. The zero-order valence-corrected chi connectivity index (χ0v) is 15.5. The van der Waals surface area contributed by atoms with Crippen LogP contribution < -0.4 is 11.1 Å². The molecule has 3 N–H and O–H groups in total. The van der Waals surface area contributed by atoms with Gasteiger partial charge in [0.1, 0.15) is 5.03 Å². The lowest BCUT2D eigenvalue weighted by atomic mass is 9.90. The zero-order valence-electron chi connectivity index (χ0n) is 13.9. The van der Waals surface area contributed by atoms with Crippen molar-refractivity contribution in [2.45, 2.75) is 56.6 Å². The second kappa shape index (κ2) is 9.95. The average Bonchev–Trinajstić information content (AvgIpc) is 2.54. The van der Waals surface area contributed by atoms with Gasteiger partial charge in [0.25, 0.3) is 0 Å². The number of hydrogen-bond donors (Lipinski definition) is 2. The van der Waals surface area contributed by atoms with E-state index < -0.39 is 11.6 Å². The third-order valence-electron chi connectivity index (χ3n) is 3.48. The SMILES string of the molecule is CCC(C)(N)C(=O)C(C)NC(=O)CCCSSc1ccccn1. The molecule has 0 aliphatic heterocycles. The number of ketones is 1. The van der Waals surface area contributed by atoms with Crippen LogP contribution in [0.3, 0.4) is 0 Å². The lowest BCUT2D eigenvalue weighted by molar-refractivity contribution is -0.130. The summed E-state index contributed by atoms with van der Waals surface area (Å²) < 4.78 is 0. The summed E-state index contributed by atoms with van der Waals surface area (Å²) >= 11 is 0. The quantitative estimate of drug-likeness (QED) is 0.496. The molecule has 2 atom stereocenters. The van der Waals surface area contributed by atoms with Crippen molar-refractivity contribution >= 4 is 33.3 Å². The van der Waals surface area contributed by atoms with E-state index in [1.165, 1.54) is 0 Å². The molecule has 7 heteroatoms. The first kappa shape index (κ1) is 20.0. The third kappa shape index (κ3) is 7.37. The van der Waals surface area contributed by atoms with E-state index in [9.17, 15) is 9.59 Å². The van der Waals surface area contributed by atoms with Gasteiger partial charge in [0.2, 0.25) is 5.91 Å². The molecule has 0 spiro atoms. The highest BCUT2D eigenvalue weighted by molar-refractivity contribution is 8.76. The topological polar surface area (TPSA) is 85.1 Å². The molecule has 0 radical (unpaired) electrons. The van der Waals surface area contributed by atoms with Gasteiger partial charge < -0.3 is 11.1 Å². The number of hydrogen-bond acceptors (Lipinski definition) is 6. The molecular weight excluding hydrogens is 330 g/mol. The average molecular weight is 356 g/mol. The molecule has 0 aliphatic carbocycles. The maximum absolute atomic E-state index is 12.1. The molecule has 2 unspecified atom stereocenters. The first-order chi connectivity index (χ1) is 10.9. The van der Waals surface area contributed by atoms with Crippen LogP contribution in [0.1, 0.15) is 40.0 Å². The summed E-state index contributed by atoms with van der Waals surface area (Å²) in [6.07, 6.45) is 3.47. The Morgan fingerprint density at radius 1 is 1.43 bits per heavy atom. The van der Waals surface area contributed by atoms with Gasteiger partial charge in [-0.2, -0.15) is 0 Å². The number of carbonyl (C=O) groups excluding carboxylic acids is 2. The van der Waals surface area contributed by atoms with Crippen LogP contribution in [0.25, 0.3) is 0 Å². The molecular formula is C16H25N3O2S2. The van der Waals surface area contributed by atoms with Crippen LogP contribution in [0.4, 0.5) is 0 Å². The van der Waals surface area contributed by atoms with E-state index in [1.807, 2.05) is 25.1 Å². The van der Waals surface area contributed by atoms with E-state index in [1.54, 1.807) is 41.6 Å². The molecule has 1 aromatic rings. The van der Waals surface area contributed by atoms with Crippen molar-refractivity contribution in [2.24, 2.45) is 5.73 Å². The molecule has 5 nitrogen and oxygen atoms in total. The maximum atomic E-state index is 12.1. The Morgan fingerprint density at radius 3 is 2.78 bits per heavy atom. The fourth-order valence-electron chi connectivity index (χ4n) is 1.84. The summed E-state index contributed by atoms with van der Waals surface area (Å²) in [6.45, 7) is 5.25. The predicted molar refractivity (Wildman–Crippen MR) is 97.3 cm³/mol. The second-order valence-corrected chi connectivity index (χ2v) is 8.04. The van der Waals surface area contributed by atoms with Crippen LogP contribution in [0, 0.1) is 0 Å². The van der Waals surface area contributed by atoms with Gasteiger partial charge in [-0.3, -0.25) is 9.59 Å². The molecule has 1 rings (SSSR count). The second-order valence-electron chi connectivity index (χ2n) is 5.60. The van der Waals surface area contributed by atoms with E-state index in [0.29, 0.717) is 12.8 Å². The van der Waals surface area contributed by atoms with E-state index >= 15 is 0 Å². The highest BCUT2D eigenvalue weighted by Gasteiger charge is 2.30. The van der Waals surface area contributed by atoms with Crippen LogP contribution in [-0.4, -0.2) is 34.0 Å². The van der Waals surface area contributed by atoms with Crippen molar-refractivity contribution in [2.75, 3.05) is 5.75 Å². The number of pyridine rings is 1. The van der Waals surface area contributed by atoms with E-state index in [0.717, 1.165) is 17.2 Å². The van der Waals surface area contributed by atoms with Crippen molar-refractivity contribution in [3.05, 3.63) is 24.4 Å². The van der Waals surface area contributed by atoms with Crippen LogP contribution in [-0.2, 0) is 9.59 Å². The number of Topliss-reactive ketones (excluding diaryl/α,β-unsaturated/α-hetero) is 1. The summed E-state index contributed by atoms with van der Waals surface area (Å²) in [5, 5.41) is 3.69. The molecule has 1 amide bonds. The van der Waals surface area contributed by atoms with Gasteiger partial charge in [-0.25, -0.2) is 4.98 Å². The molecule has 1 heterocycles. The van der Waals surface area contributed by atoms with Gasteiger partial charge in [-0.15, -0.1) is 0 Å². The number of nitrogens with two attached hydrogens (primary N) is 1. The molecule has 0 saturated heterocycles. The maximum Gasteiger partial charge on any atom is 0.220 e. The Balaban J connectivity index is 2.20. The van der Waals surface area contributed by atoms with E-state index in [4.69, 9.17) is 5.73 Å². The molecule has 23 heavy (non-hydrogen) atoms. The largest absolute Gasteiger partial charge is 0.347 e. The molecule has 1 aromatic heterocycles. The predicted octanol–water partition coefficient (Wildman–Crippen LogP) is 2.80.